The van der Waals surface area contributed by atoms with E-state index in [1.165, 1.54) is 6.42 Å². The summed E-state index contributed by atoms with van der Waals surface area (Å²) in [6.45, 7) is 6.46. The van der Waals surface area contributed by atoms with Crippen LogP contribution in [0.15, 0.2) is 0 Å². The molecule has 0 aromatic heterocycles. The van der Waals surface area contributed by atoms with Crippen molar-refractivity contribution in [3.05, 3.63) is 0 Å². The predicted octanol–water partition coefficient (Wildman–Crippen LogP) is 1.45. The Hall–Kier alpha value is -0.370. The highest BCUT2D eigenvalue weighted by molar-refractivity contribution is 5.79. The van der Waals surface area contributed by atoms with Crippen molar-refractivity contribution >= 4 is 5.78 Å². The average molecular weight is 155 g/mol. The third-order valence-electron chi connectivity index (χ3n) is 2.34. The van der Waals surface area contributed by atoms with Crippen LogP contribution in [0, 0.1) is 0 Å². The fourth-order valence-corrected chi connectivity index (χ4v) is 1.67. The summed E-state index contributed by atoms with van der Waals surface area (Å²) in [6, 6.07) is 0.483. The van der Waals surface area contributed by atoms with Gasteiger partial charge in [-0.2, -0.15) is 0 Å². The molecule has 2 heteroatoms. The first-order chi connectivity index (χ1) is 5.24. The first-order valence-electron chi connectivity index (χ1n) is 4.49. The molecule has 0 saturated carbocycles. The van der Waals surface area contributed by atoms with Crippen molar-refractivity contribution in [1.29, 1.82) is 0 Å². The number of likely N-dealkylation sites (tertiary alicyclic amines) is 1. The first kappa shape index (κ1) is 8.72. The third-order valence-corrected chi connectivity index (χ3v) is 2.34. The lowest BCUT2D eigenvalue weighted by Crippen LogP contribution is -2.41. The van der Waals surface area contributed by atoms with Gasteiger partial charge in [0.15, 0.2) is 0 Å². The van der Waals surface area contributed by atoms with Crippen LogP contribution in [0.2, 0.25) is 0 Å². The van der Waals surface area contributed by atoms with Gasteiger partial charge in [-0.05, 0) is 19.9 Å². The molecule has 64 valence electrons. The zero-order valence-electron chi connectivity index (χ0n) is 7.47. The molecular weight excluding hydrogens is 138 g/mol. The molecular formula is C9H17NO. The summed E-state index contributed by atoms with van der Waals surface area (Å²) in [5.74, 6) is 0.435. The van der Waals surface area contributed by atoms with E-state index >= 15 is 0 Å². The molecule has 0 bridgehead atoms. The van der Waals surface area contributed by atoms with E-state index in [4.69, 9.17) is 0 Å². The van der Waals surface area contributed by atoms with Crippen molar-refractivity contribution in [2.45, 2.75) is 39.2 Å². The molecule has 1 aliphatic heterocycles. The second-order valence-corrected chi connectivity index (χ2v) is 3.38. The van der Waals surface area contributed by atoms with Crippen LogP contribution < -0.4 is 0 Å². The maximum Gasteiger partial charge on any atom is 0.135 e. The largest absolute Gasteiger partial charge is 0.300 e. The quantitative estimate of drug-likeness (QED) is 0.601. The second-order valence-electron chi connectivity index (χ2n) is 3.38. The Labute approximate surface area is 68.6 Å². The Morgan fingerprint density at radius 2 is 2.36 bits per heavy atom. The topological polar surface area (TPSA) is 20.3 Å². The van der Waals surface area contributed by atoms with Crippen molar-refractivity contribution in [1.82, 2.24) is 4.90 Å². The fraction of sp³-hybridized carbons (Fsp3) is 0.889. The molecule has 0 aromatic carbocycles. The minimum Gasteiger partial charge on any atom is -0.300 e. The number of hydrogen-bond donors (Lipinski definition) is 0. The highest BCUT2D eigenvalue weighted by atomic mass is 16.1. The van der Waals surface area contributed by atoms with E-state index < -0.39 is 0 Å². The summed E-state index contributed by atoms with van der Waals surface area (Å²) in [4.78, 5) is 13.4. The van der Waals surface area contributed by atoms with Crippen molar-refractivity contribution in [3.63, 3.8) is 0 Å². The molecule has 0 N–H and O–H groups in total. The maximum absolute atomic E-state index is 11.0. The van der Waals surface area contributed by atoms with Gasteiger partial charge < -0.3 is 0 Å². The van der Waals surface area contributed by atoms with Gasteiger partial charge in [0.25, 0.3) is 0 Å². The molecule has 0 radical (unpaired) electrons. The summed E-state index contributed by atoms with van der Waals surface area (Å²) < 4.78 is 0. The van der Waals surface area contributed by atoms with E-state index in [0.717, 1.165) is 25.9 Å². The second kappa shape index (κ2) is 3.86. The minimum absolute atomic E-state index is 0.435. The zero-order valence-corrected chi connectivity index (χ0v) is 7.47. The minimum atomic E-state index is 0.435. The van der Waals surface area contributed by atoms with Crippen LogP contribution in [-0.2, 0) is 4.79 Å². The first-order valence-corrected chi connectivity index (χ1v) is 4.49. The number of ketones is 1. The molecule has 0 spiro atoms. The van der Waals surface area contributed by atoms with Gasteiger partial charge in [-0.25, -0.2) is 0 Å². The molecule has 1 rings (SSSR count). The molecule has 0 amide bonds. The molecule has 1 atom stereocenters. The molecule has 1 unspecified atom stereocenters. The van der Waals surface area contributed by atoms with E-state index in [0.29, 0.717) is 11.8 Å². The zero-order chi connectivity index (χ0) is 8.27. The molecule has 1 saturated heterocycles. The molecule has 0 aromatic rings. The Bertz CT molecular complexity index is 144. The van der Waals surface area contributed by atoms with Crippen molar-refractivity contribution in [2.24, 2.45) is 0 Å². The van der Waals surface area contributed by atoms with Gasteiger partial charge in [-0.1, -0.05) is 6.92 Å². The molecule has 2 nitrogen and oxygen atoms in total. The Balaban J connectivity index is 2.37. The van der Waals surface area contributed by atoms with Crippen molar-refractivity contribution in [3.8, 4) is 0 Å². The van der Waals surface area contributed by atoms with E-state index in [1.807, 2.05) is 0 Å². The van der Waals surface area contributed by atoms with Gasteiger partial charge in [-0.15, -0.1) is 0 Å². The molecule has 1 fully saturated rings. The third kappa shape index (κ3) is 2.29. The van der Waals surface area contributed by atoms with Gasteiger partial charge in [-0.3, -0.25) is 9.69 Å². The van der Waals surface area contributed by atoms with E-state index in [9.17, 15) is 4.79 Å². The van der Waals surface area contributed by atoms with Crippen molar-refractivity contribution < 1.29 is 4.79 Å². The summed E-state index contributed by atoms with van der Waals surface area (Å²) >= 11 is 0. The molecule has 0 aliphatic carbocycles. The summed E-state index contributed by atoms with van der Waals surface area (Å²) in [6.07, 6.45) is 2.73. The Morgan fingerprint density at radius 3 is 2.91 bits per heavy atom. The number of nitrogens with zero attached hydrogens (tertiary/aromatic N) is 1. The number of carbonyl (C=O) groups is 1. The SMILES string of the molecule is CCCN1CCC(=O)CC1C. The van der Waals surface area contributed by atoms with Crippen LogP contribution in [0.5, 0.6) is 0 Å². The highest BCUT2D eigenvalue weighted by Gasteiger charge is 2.21. The number of Topliss-reactive ketones (excluding diaryl/α,β-unsaturated/α-hetero) is 1. The van der Waals surface area contributed by atoms with Gasteiger partial charge in [0.1, 0.15) is 5.78 Å². The molecule has 11 heavy (non-hydrogen) atoms. The maximum atomic E-state index is 11.0. The molecule has 1 aliphatic rings. The normalized spacial score (nSPS) is 27.5. The predicted molar refractivity (Wildman–Crippen MR) is 45.6 cm³/mol. The number of carbonyl (C=O) groups excluding carboxylic acids is 1. The van der Waals surface area contributed by atoms with Crippen LogP contribution in [0.1, 0.15) is 33.1 Å². The lowest BCUT2D eigenvalue weighted by molar-refractivity contribution is -0.122. The van der Waals surface area contributed by atoms with Crippen LogP contribution in [0.3, 0.4) is 0 Å². The lowest BCUT2D eigenvalue weighted by atomic mass is 10.0. The summed E-state index contributed by atoms with van der Waals surface area (Å²) in [5, 5.41) is 0. The smallest absolute Gasteiger partial charge is 0.135 e. The van der Waals surface area contributed by atoms with E-state index in [1.54, 1.807) is 0 Å². The highest BCUT2D eigenvalue weighted by Crippen LogP contribution is 2.13. The van der Waals surface area contributed by atoms with E-state index in [2.05, 4.69) is 18.7 Å². The van der Waals surface area contributed by atoms with Gasteiger partial charge in [0, 0.05) is 25.4 Å². The fourth-order valence-electron chi connectivity index (χ4n) is 1.67. The van der Waals surface area contributed by atoms with Crippen LogP contribution in [-0.4, -0.2) is 29.8 Å². The summed E-state index contributed by atoms with van der Waals surface area (Å²) in [5.41, 5.74) is 0. The van der Waals surface area contributed by atoms with Gasteiger partial charge in [0.05, 0.1) is 0 Å². The number of piperidine rings is 1. The van der Waals surface area contributed by atoms with Gasteiger partial charge in [0.2, 0.25) is 0 Å². The van der Waals surface area contributed by atoms with E-state index in [-0.39, 0.29) is 0 Å². The average Bonchev–Trinajstić information content (AvgIpc) is 1.95. The van der Waals surface area contributed by atoms with Crippen LogP contribution in [0.4, 0.5) is 0 Å². The Morgan fingerprint density at radius 1 is 1.64 bits per heavy atom. The monoisotopic (exact) mass is 155 g/mol. The van der Waals surface area contributed by atoms with Gasteiger partial charge >= 0.3 is 0 Å². The summed E-state index contributed by atoms with van der Waals surface area (Å²) in [7, 11) is 0. The number of hydrogen-bond acceptors (Lipinski definition) is 2. The number of rotatable bonds is 2. The van der Waals surface area contributed by atoms with Crippen LogP contribution >= 0.6 is 0 Å². The van der Waals surface area contributed by atoms with Crippen molar-refractivity contribution in [2.75, 3.05) is 13.1 Å². The molecule has 1 heterocycles. The van der Waals surface area contributed by atoms with Crippen LogP contribution in [0.25, 0.3) is 0 Å². The lowest BCUT2D eigenvalue weighted by Gasteiger charge is -2.32. The Kier molecular flexibility index (Phi) is 3.06. The standard InChI is InChI=1S/C9H17NO/c1-3-5-10-6-4-9(11)7-8(10)2/h8H,3-7H2,1-2H3.